The quantitative estimate of drug-likeness (QED) is 0.872. The number of nitrogens with one attached hydrogen (secondary N) is 1. The van der Waals surface area contributed by atoms with E-state index in [0.717, 1.165) is 17.8 Å². The maximum Gasteiger partial charge on any atom is 0.226 e. The minimum Gasteiger partial charge on any atom is -0.364 e. The lowest BCUT2D eigenvalue weighted by molar-refractivity contribution is 0.543. The van der Waals surface area contributed by atoms with E-state index in [9.17, 15) is 0 Å². The SMILES string of the molecule is CCC(C)n1cnc2nc(Cl)nc(NC(C)(C)C)c21. The Balaban J connectivity index is 2.62. The second-order valence-electron chi connectivity index (χ2n) is 5.80. The van der Waals surface area contributed by atoms with Gasteiger partial charge in [-0.15, -0.1) is 0 Å². The summed E-state index contributed by atoms with van der Waals surface area (Å²) in [5.41, 5.74) is 1.44. The topological polar surface area (TPSA) is 55.6 Å². The molecule has 0 aliphatic carbocycles. The number of halogens is 1. The van der Waals surface area contributed by atoms with Gasteiger partial charge in [-0.1, -0.05) is 6.92 Å². The molecule has 19 heavy (non-hydrogen) atoms. The molecule has 1 unspecified atom stereocenters. The van der Waals surface area contributed by atoms with Crippen molar-refractivity contribution in [3.05, 3.63) is 11.6 Å². The zero-order valence-corrected chi connectivity index (χ0v) is 12.8. The highest BCUT2D eigenvalue weighted by atomic mass is 35.5. The van der Waals surface area contributed by atoms with Gasteiger partial charge < -0.3 is 9.88 Å². The third-order valence-electron chi connectivity index (χ3n) is 2.96. The summed E-state index contributed by atoms with van der Waals surface area (Å²) in [5, 5.41) is 3.59. The van der Waals surface area contributed by atoms with Crippen molar-refractivity contribution in [3.8, 4) is 0 Å². The molecule has 0 spiro atoms. The fourth-order valence-electron chi connectivity index (χ4n) is 1.89. The van der Waals surface area contributed by atoms with E-state index in [1.165, 1.54) is 0 Å². The van der Waals surface area contributed by atoms with Crippen molar-refractivity contribution in [2.45, 2.75) is 52.6 Å². The van der Waals surface area contributed by atoms with Gasteiger partial charge in [0.2, 0.25) is 5.28 Å². The first-order chi connectivity index (χ1) is 8.81. The Labute approximate surface area is 118 Å². The lowest BCUT2D eigenvalue weighted by Gasteiger charge is -2.23. The first-order valence-electron chi connectivity index (χ1n) is 6.50. The van der Waals surface area contributed by atoms with Crippen LogP contribution in [0.3, 0.4) is 0 Å². The molecule has 6 heteroatoms. The third kappa shape index (κ3) is 2.97. The molecule has 0 aliphatic heterocycles. The number of aromatic nitrogens is 4. The van der Waals surface area contributed by atoms with Gasteiger partial charge in [-0.3, -0.25) is 0 Å². The van der Waals surface area contributed by atoms with E-state index in [1.54, 1.807) is 6.33 Å². The number of anilines is 1. The van der Waals surface area contributed by atoms with E-state index >= 15 is 0 Å². The van der Waals surface area contributed by atoms with Crippen molar-refractivity contribution in [3.63, 3.8) is 0 Å². The predicted molar refractivity (Wildman–Crippen MR) is 78.7 cm³/mol. The van der Waals surface area contributed by atoms with Gasteiger partial charge in [-0.25, -0.2) is 4.98 Å². The number of rotatable bonds is 3. The summed E-state index contributed by atoms with van der Waals surface area (Å²) >= 11 is 5.96. The molecule has 0 radical (unpaired) electrons. The average Bonchev–Trinajstić information content (AvgIpc) is 2.69. The first-order valence-corrected chi connectivity index (χ1v) is 6.88. The summed E-state index contributed by atoms with van der Waals surface area (Å²) in [4.78, 5) is 12.8. The minimum atomic E-state index is -0.102. The molecule has 2 aromatic heterocycles. The molecule has 0 saturated heterocycles. The molecule has 2 rings (SSSR count). The van der Waals surface area contributed by atoms with Crippen LogP contribution in [-0.4, -0.2) is 25.1 Å². The van der Waals surface area contributed by atoms with Gasteiger partial charge in [0, 0.05) is 11.6 Å². The van der Waals surface area contributed by atoms with Gasteiger partial charge in [0.1, 0.15) is 5.52 Å². The maximum atomic E-state index is 5.96. The van der Waals surface area contributed by atoms with Crippen LogP contribution in [0.4, 0.5) is 5.82 Å². The number of hydrogen-bond donors (Lipinski definition) is 1. The Morgan fingerprint density at radius 2 is 2.05 bits per heavy atom. The average molecular weight is 282 g/mol. The fourth-order valence-corrected chi connectivity index (χ4v) is 2.06. The molecule has 2 heterocycles. The van der Waals surface area contributed by atoms with Crippen LogP contribution in [0.2, 0.25) is 5.28 Å². The summed E-state index contributed by atoms with van der Waals surface area (Å²) in [6, 6.07) is 0.343. The Bertz CT molecular complexity index is 584. The highest BCUT2D eigenvalue weighted by Gasteiger charge is 2.19. The molecule has 104 valence electrons. The second kappa shape index (κ2) is 4.96. The van der Waals surface area contributed by atoms with E-state index in [-0.39, 0.29) is 10.8 Å². The van der Waals surface area contributed by atoms with E-state index < -0.39 is 0 Å². The van der Waals surface area contributed by atoms with Crippen molar-refractivity contribution >= 4 is 28.6 Å². The summed E-state index contributed by atoms with van der Waals surface area (Å²) in [7, 11) is 0. The van der Waals surface area contributed by atoms with Gasteiger partial charge in [-0.05, 0) is 45.7 Å². The standard InChI is InChI=1S/C13H20ClN5/c1-6-8(2)19-7-15-10-9(19)11(17-12(14)16-10)18-13(3,4)5/h7-8H,6H2,1-5H3,(H,16,17,18). The molecule has 1 N–H and O–H groups in total. The number of imidazole rings is 1. The molecule has 0 aliphatic rings. The molecule has 0 saturated carbocycles. The number of fused-ring (bicyclic) bond motifs is 1. The Hall–Kier alpha value is -1.36. The van der Waals surface area contributed by atoms with E-state index in [1.807, 2.05) is 0 Å². The molecule has 2 aromatic rings. The van der Waals surface area contributed by atoms with Gasteiger partial charge in [0.25, 0.3) is 0 Å². The van der Waals surface area contributed by atoms with Crippen molar-refractivity contribution in [2.24, 2.45) is 0 Å². The van der Waals surface area contributed by atoms with Crippen LogP contribution in [-0.2, 0) is 0 Å². The molecule has 0 fully saturated rings. The predicted octanol–water partition coefficient (Wildman–Crippen LogP) is 3.66. The summed E-state index contributed by atoms with van der Waals surface area (Å²) in [6.45, 7) is 10.5. The first kappa shape index (κ1) is 14.1. The lowest BCUT2D eigenvalue weighted by Crippen LogP contribution is -2.27. The summed E-state index contributed by atoms with van der Waals surface area (Å²) in [6.07, 6.45) is 2.82. The highest BCUT2D eigenvalue weighted by Crippen LogP contribution is 2.27. The monoisotopic (exact) mass is 281 g/mol. The zero-order chi connectivity index (χ0) is 14.2. The van der Waals surface area contributed by atoms with E-state index in [0.29, 0.717) is 11.7 Å². The largest absolute Gasteiger partial charge is 0.364 e. The Morgan fingerprint density at radius 3 is 2.63 bits per heavy atom. The van der Waals surface area contributed by atoms with Crippen LogP contribution in [0, 0.1) is 0 Å². The van der Waals surface area contributed by atoms with Crippen LogP contribution in [0.15, 0.2) is 6.33 Å². The third-order valence-corrected chi connectivity index (χ3v) is 3.13. The van der Waals surface area contributed by atoms with E-state index in [4.69, 9.17) is 11.6 Å². The van der Waals surface area contributed by atoms with Crippen molar-refractivity contribution in [1.82, 2.24) is 19.5 Å². The zero-order valence-electron chi connectivity index (χ0n) is 12.0. The van der Waals surface area contributed by atoms with Gasteiger partial charge >= 0.3 is 0 Å². The van der Waals surface area contributed by atoms with Gasteiger partial charge in [-0.2, -0.15) is 9.97 Å². The number of nitrogens with zero attached hydrogens (tertiary/aromatic N) is 4. The fraction of sp³-hybridized carbons (Fsp3) is 0.615. The van der Waals surface area contributed by atoms with Crippen LogP contribution in [0.1, 0.15) is 47.1 Å². The van der Waals surface area contributed by atoms with Crippen LogP contribution in [0.25, 0.3) is 11.2 Å². The molecule has 0 bridgehead atoms. The normalized spacial score (nSPS) is 13.8. The van der Waals surface area contributed by atoms with Gasteiger partial charge in [0.15, 0.2) is 11.5 Å². The van der Waals surface area contributed by atoms with Crippen molar-refractivity contribution in [1.29, 1.82) is 0 Å². The molecule has 1 atom stereocenters. The second-order valence-corrected chi connectivity index (χ2v) is 6.14. The highest BCUT2D eigenvalue weighted by molar-refractivity contribution is 6.28. The lowest BCUT2D eigenvalue weighted by atomic mass is 10.1. The van der Waals surface area contributed by atoms with Crippen molar-refractivity contribution in [2.75, 3.05) is 5.32 Å². The van der Waals surface area contributed by atoms with Crippen LogP contribution < -0.4 is 5.32 Å². The summed E-state index contributed by atoms with van der Waals surface area (Å²) < 4.78 is 2.10. The van der Waals surface area contributed by atoms with Crippen LogP contribution in [0.5, 0.6) is 0 Å². The molecule has 0 amide bonds. The summed E-state index contributed by atoms with van der Waals surface area (Å²) in [5.74, 6) is 0.736. The van der Waals surface area contributed by atoms with E-state index in [2.05, 4.69) is 59.5 Å². The Kier molecular flexibility index (Phi) is 3.67. The molecule has 0 aromatic carbocycles. The Morgan fingerprint density at radius 1 is 1.37 bits per heavy atom. The van der Waals surface area contributed by atoms with Gasteiger partial charge in [0.05, 0.1) is 6.33 Å². The molecular weight excluding hydrogens is 262 g/mol. The van der Waals surface area contributed by atoms with Crippen molar-refractivity contribution < 1.29 is 0 Å². The number of hydrogen-bond acceptors (Lipinski definition) is 4. The molecular formula is C13H20ClN5. The molecule has 5 nitrogen and oxygen atoms in total. The maximum absolute atomic E-state index is 5.96. The van der Waals surface area contributed by atoms with Crippen LogP contribution >= 0.6 is 11.6 Å². The minimum absolute atomic E-state index is 0.102. The smallest absolute Gasteiger partial charge is 0.226 e.